The first-order chi connectivity index (χ1) is 1.41. The van der Waals surface area contributed by atoms with Crippen LogP contribution >= 0.6 is 13.5 Å². The number of hydrogen-bond acceptors (Lipinski definition) is 1. The third-order valence-corrected chi connectivity index (χ3v) is 0. The predicted octanol–water partition coefficient (Wildman–Crippen LogP) is -0.189. The van der Waals surface area contributed by atoms with Gasteiger partial charge in [-0.3, -0.25) is 4.79 Å². The Bertz CT molecular complexity index is 17.1. The Morgan fingerprint density at radius 1 is 1.60 bits per heavy atom. The molecule has 0 rings (SSSR count). The molecule has 1 N–H and O–H groups in total. The second-order valence-corrected chi connectivity index (χ2v) is 0.105. The molecule has 0 unspecified atom stereocenters. The van der Waals surface area contributed by atoms with E-state index in [2.05, 4.69) is 0 Å². The van der Waals surface area contributed by atoms with Crippen LogP contribution < -0.4 is 0 Å². The van der Waals surface area contributed by atoms with Gasteiger partial charge >= 0.3 is 0 Å². The number of hydrogen-bond donors (Lipinski definition) is 1. The van der Waals surface area contributed by atoms with E-state index in [1.807, 2.05) is 0 Å². The van der Waals surface area contributed by atoms with Crippen LogP contribution in [0.3, 0.4) is 0 Å². The van der Waals surface area contributed by atoms with E-state index >= 15 is 0 Å². The van der Waals surface area contributed by atoms with Crippen LogP contribution in [-0.2, 0) is 25.9 Å². The normalized spacial score (nSPS) is 2.40. The molecule has 4 heteroatoms. The Labute approximate surface area is 51.3 Å². The summed E-state index contributed by atoms with van der Waals surface area (Å²) in [5, 5.41) is 6.89. The third kappa shape index (κ3) is 110. The van der Waals surface area contributed by atoms with E-state index in [0.717, 1.165) is 0 Å². The zero-order chi connectivity index (χ0) is 2.71. The van der Waals surface area contributed by atoms with E-state index in [-0.39, 0.29) is 41.0 Å². The SMILES string of the molecule is O=CO.S.[Mo]. The van der Waals surface area contributed by atoms with Crippen molar-refractivity contribution in [3.05, 3.63) is 0 Å². The molecule has 0 aliphatic carbocycles. The Hall–Kier alpha value is 0.508. The molecule has 2 nitrogen and oxygen atoms in total. The minimum atomic E-state index is -0.250. The van der Waals surface area contributed by atoms with Crippen LogP contribution in [0.15, 0.2) is 0 Å². The molecule has 0 saturated carbocycles. The number of carbonyl (C=O) groups is 1. The van der Waals surface area contributed by atoms with Crippen LogP contribution in [-0.4, -0.2) is 11.6 Å². The Morgan fingerprint density at radius 2 is 1.60 bits per heavy atom. The average Bonchev–Trinajstić information content (AvgIpc) is 0.918. The van der Waals surface area contributed by atoms with Crippen LogP contribution in [0.2, 0.25) is 0 Å². The molecular weight excluding hydrogens is 172 g/mol. The molecule has 5 heavy (non-hydrogen) atoms. The van der Waals surface area contributed by atoms with Crippen molar-refractivity contribution in [3.8, 4) is 0 Å². The van der Waals surface area contributed by atoms with Crippen molar-refractivity contribution in [1.82, 2.24) is 0 Å². The maximum atomic E-state index is 8.36. The van der Waals surface area contributed by atoms with Crippen LogP contribution in [0.5, 0.6) is 0 Å². The van der Waals surface area contributed by atoms with Gasteiger partial charge in [0.2, 0.25) is 0 Å². The van der Waals surface area contributed by atoms with Crippen molar-refractivity contribution in [2.24, 2.45) is 0 Å². The summed E-state index contributed by atoms with van der Waals surface area (Å²) in [6.45, 7) is -0.250. The molecule has 0 aromatic rings. The molecule has 0 aliphatic rings. The van der Waals surface area contributed by atoms with Gasteiger partial charge in [-0.1, -0.05) is 0 Å². The van der Waals surface area contributed by atoms with E-state index in [9.17, 15) is 0 Å². The van der Waals surface area contributed by atoms with Gasteiger partial charge in [0.1, 0.15) is 0 Å². The van der Waals surface area contributed by atoms with E-state index in [4.69, 9.17) is 9.90 Å². The van der Waals surface area contributed by atoms with Gasteiger partial charge in [0.15, 0.2) is 0 Å². The van der Waals surface area contributed by atoms with Crippen LogP contribution in [0.4, 0.5) is 0 Å². The summed E-state index contributed by atoms with van der Waals surface area (Å²) in [5.41, 5.74) is 0. The minimum absolute atomic E-state index is 0. The van der Waals surface area contributed by atoms with Gasteiger partial charge in [-0.2, -0.15) is 13.5 Å². The zero-order valence-electron chi connectivity index (χ0n) is 2.34. The largest absolute Gasteiger partial charge is 0.483 e. The van der Waals surface area contributed by atoms with Crippen molar-refractivity contribution in [1.29, 1.82) is 0 Å². The van der Waals surface area contributed by atoms with Gasteiger partial charge < -0.3 is 5.11 Å². The van der Waals surface area contributed by atoms with E-state index in [0.29, 0.717) is 0 Å². The smallest absolute Gasteiger partial charge is 0.290 e. The van der Waals surface area contributed by atoms with Crippen LogP contribution in [0.1, 0.15) is 0 Å². The van der Waals surface area contributed by atoms with Crippen molar-refractivity contribution in [3.63, 3.8) is 0 Å². The number of carboxylic acid groups (broad SMARTS) is 1. The minimum Gasteiger partial charge on any atom is -0.483 e. The van der Waals surface area contributed by atoms with E-state index in [1.54, 1.807) is 0 Å². The maximum Gasteiger partial charge on any atom is 0.290 e. The Balaban J connectivity index is -0.0000000200. The number of rotatable bonds is 0. The maximum absolute atomic E-state index is 8.36. The molecule has 0 saturated heterocycles. The van der Waals surface area contributed by atoms with Gasteiger partial charge in [-0.05, 0) is 0 Å². The molecular formula is CH4MoO2S. The molecule has 0 aromatic heterocycles. The molecule has 0 atom stereocenters. The first-order valence-electron chi connectivity index (χ1n) is 0.494. The van der Waals surface area contributed by atoms with E-state index < -0.39 is 0 Å². The van der Waals surface area contributed by atoms with Gasteiger partial charge in [0.25, 0.3) is 6.47 Å². The first-order valence-corrected chi connectivity index (χ1v) is 0.494. The van der Waals surface area contributed by atoms with Crippen molar-refractivity contribution in [2.45, 2.75) is 0 Å². The van der Waals surface area contributed by atoms with Gasteiger partial charge in [-0.15, -0.1) is 0 Å². The second kappa shape index (κ2) is 24.4. The molecule has 0 spiro atoms. The second-order valence-electron chi connectivity index (χ2n) is 0.105. The molecule has 0 amide bonds. The fraction of sp³-hybridized carbons (Fsp3) is 0. The molecule has 0 aliphatic heterocycles. The fourth-order valence-electron chi connectivity index (χ4n) is 0. The summed E-state index contributed by atoms with van der Waals surface area (Å²) >= 11 is 0. The summed E-state index contributed by atoms with van der Waals surface area (Å²) in [6.07, 6.45) is 0. The standard InChI is InChI=1S/CH2O2.Mo.H2S/c2-1-3;;/h1H,(H,2,3);;1H2. The Morgan fingerprint density at radius 3 is 1.60 bits per heavy atom. The third-order valence-electron chi connectivity index (χ3n) is 0. The summed E-state index contributed by atoms with van der Waals surface area (Å²) < 4.78 is 0. The molecule has 0 bridgehead atoms. The monoisotopic (exact) mass is 178 g/mol. The van der Waals surface area contributed by atoms with Crippen molar-refractivity contribution >= 4 is 20.0 Å². The average molecular weight is 176 g/mol. The first kappa shape index (κ1) is 17.8. The predicted molar refractivity (Wildman–Crippen MR) is 19.1 cm³/mol. The van der Waals surface area contributed by atoms with Gasteiger partial charge in [-0.25, -0.2) is 0 Å². The van der Waals surface area contributed by atoms with Gasteiger partial charge in [0.05, 0.1) is 0 Å². The molecule has 0 heterocycles. The van der Waals surface area contributed by atoms with Gasteiger partial charge in [0, 0.05) is 21.1 Å². The molecule has 32 valence electrons. The van der Waals surface area contributed by atoms with E-state index in [1.165, 1.54) is 0 Å². The Kier molecular flexibility index (Phi) is 86.8. The summed E-state index contributed by atoms with van der Waals surface area (Å²) in [4.78, 5) is 8.36. The topological polar surface area (TPSA) is 37.3 Å². The van der Waals surface area contributed by atoms with Crippen LogP contribution in [0.25, 0.3) is 0 Å². The molecule has 0 fully saturated rings. The quantitative estimate of drug-likeness (QED) is 0.410. The molecule has 0 radical (unpaired) electrons. The van der Waals surface area contributed by atoms with Crippen molar-refractivity contribution in [2.75, 3.05) is 0 Å². The summed E-state index contributed by atoms with van der Waals surface area (Å²) in [6, 6.07) is 0. The summed E-state index contributed by atoms with van der Waals surface area (Å²) in [7, 11) is 0. The van der Waals surface area contributed by atoms with Crippen LogP contribution in [0, 0.1) is 0 Å². The van der Waals surface area contributed by atoms with Crippen molar-refractivity contribution < 1.29 is 31.0 Å². The summed E-state index contributed by atoms with van der Waals surface area (Å²) in [5.74, 6) is 0. The fourth-order valence-corrected chi connectivity index (χ4v) is 0. The molecule has 0 aromatic carbocycles. The zero-order valence-corrected chi connectivity index (χ0v) is 5.35.